The van der Waals surface area contributed by atoms with E-state index in [0.29, 0.717) is 5.92 Å². The predicted molar refractivity (Wildman–Crippen MR) is 73.4 cm³/mol. The van der Waals surface area contributed by atoms with Crippen LogP contribution in [0.2, 0.25) is 0 Å². The fourth-order valence-electron chi connectivity index (χ4n) is 3.08. The first-order valence-electron chi connectivity index (χ1n) is 6.42. The summed E-state index contributed by atoms with van der Waals surface area (Å²) in [5.74, 6) is 0.690. The standard InChI is InChI=1S/C15H18OS/c1-2-11-6-8-15(16,10-11)13-5-3-4-12-7-9-17-14(12)13/h3-5,7,9,11,16H,2,6,8,10H2,1H3. The molecule has 0 radical (unpaired) electrons. The zero-order chi connectivity index (χ0) is 11.9. The van der Waals surface area contributed by atoms with Crippen molar-refractivity contribution in [2.45, 2.75) is 38.2 Å². The van der Waals surface area contributed by atoms with Gasteiger partial charge in [-0.15, -0.1) is 11.3 Å². The molecule has 1 N–H and O–H groups in total. The van der Waals surface area contributed by atoms with E-state index in [-0.39, 0.29) is 0 Å². The van der Waals surface area contributed by atoms with E-state index in [9.17, 15) is 5.11 Å². The van der Waals surface area contributed by atoms with Gasteiger partial charge in [-0.2, -0.15) is 0 Å². The van der Waals surface area contributed by atoms with Crippen LogP contribution >= 0.6 is 11.3 Å². The molecular weight excluding hydrogens is 228 g/mol. The zero-order valence-corrected chi connectivity index (χ0v) is 11.0. The summed E-state index contributed by atoms with van der Waals surface area (Å²) in [6.07, 6.45) is 4.19. The maximum absolute atomic E-state index is 10.9. The number of rotatable bonds is 2. The minimum atomic E-state index is -0.578. The van der Waals surface area contributed by atoms with Gasteiger partial charge < -0.3 is 5.11 Å². The van der Waals surface area contributed by atoms with Gasteiger partial charge in [-0.25, -0.2) is 0 Å². The molecule has 0 bridgehead atoms. The van der Waals surface area contributed by atoms with E-state index in [1.54, 1.807) is 11.3 Å². The quantitative estimate of drug-likeness (QED) is 0.837. The normalized spacial score (nSPS) is 28.9. The van der Waals surface area contributed by atoms with Gasteiger partial charge in [0, 0.05) is 10.3 Å². The van der Waals surface area contributed by atoms with Crippen molar-refractivity contribution in [2.24, 2.45) is 5.92 Å². The minimum Gasteiger partial charge on any atom is -0.385 e. The summed E-state index contributed by atoms with van der Waals surface area (Å²) >= 11 is 1.75. The molecule has 1 fully saturated rings. The van der Waals surface area contributed by atoms with E-state index in [0.717, 1.165) is 24.8 Å². The summed E-state index contributed by atoms with van der Waals surface area (Å²) in [5.41, 5.74) is 0.575. The molecule has 1 aromatic carbocycles. The van der Waals surface area contributed by atoms with Crippen LogP contribution in [0.15, 0.2) is 29.6 Å². The highest BCUT2D eigenvalue weighted by atomic mass is 32.1. The molecule has 0 amide bonds. The maximum atomic E-state index is 10.9. The van der Waals surface area contributed by atoms with Crippen LogP contribution in [0.1, 0.15) is 38.2 Å². The molecule has 1 saturated carbocycles. The first-order chi connectivity index (χ1) is 8.23. The highest BCUT2D eigenvalue weighted by Gasteiger charge is 2.39. The highest BCUT2D eigenvalue weighted by molar-refractivity contribution is 7.17. The number of fused-ring (bicyclic) bond motifs is 1. The van der Waals surface area contributed by atoms with Crippen molar-refractivity contribution in [3.8, 4) is 0 Å². The molecule has 1 nitrogen and oxygen atoms in total. The van der Waals surface area contributed by atoms with E-state index in [4.69, 9.17) is 0 Å². The van der Waals surface area contributed by atoms with Crippen LogP contribution in [-0.4, -0.2) is 5.11 Å². The molecule has 90 valence electrons. The molecule has 0 spiro atoms. The molecule has 1 heterocycles. The van der Waals surface area contributed by atoms with Gasteiger partial charge in [0.1, 0.15) is 0 Å². The van der Waals surface area contributed by atoms with E-state index in [1.165, 1.54) is 16.5 Å². The van der Waals surface area contributed by atoms with Crippen LogP contribution in [0.25, 0.3) is 10.1 Å². The van der Waals surface area contributed by atoms with Crippen LogP contribution in [0.5, 0.6) is 0 Å². The van der Waals surface area contributed by atoms with Crippen molar-refractivity contribution < 1.29 is 5.11 Å². The molecule has 0 aliphatic heterocycles. The number of hydrogen-bond donors (Lipinski definition) is 1. The summed E-state index contributed by atoms with van der Waals surface area (Å²) in [6, 6.07) is 8.45. The van der Waals surface area contributed by atoms with Gasteiger partial charge in [0.2, 0.25) is 0 Å². The third kappa shape index (κ3) is 1.80. The van der Waals surface area contributed by atoms with Crippen molar-refractivity contribution in [3.05, 3.63) is 35.2 Å². The van der Waals surface area contributed by atoms with Gasteiger partial charge in [-0.3, -0.25) is 0 Å². The summed E-state index contributed by atoms with van der Waals surface area (Å²) in [7, 11) is 0. The third-order valence-corrected chi connectivity index (χ3v) is 5.11. The van der Waals surface area contributed by atoms with Crippen LogP contribution in [0.3, 0.4) is 0 Å². The Morgan fingerprint density at radius 1 is 1.41 bits per heavy atom. The lowest BCUT2D eigenvalue weighted by Gasteiger charge is -2.24. The molecule has 2 atom stereocenters. The van der Waals surface area contributed by atoms with E-state index in [1.807, 2.05) is 0 Å². The lowest BCUT2D eigenvalue weighted by atomic mass is 9.90. The largest absolute Gasteiger partial charge is 0.385 e. The van der Waals surface area contributed by atoms with Crippen molar-refractivity contribution in [1.82, 2.24) is 0 Å². The third-order valence-electron chi connectivity index (χ3n) is 4.15. The Labute approximate surface area is 106 Å². The number of aliphatic hydroxyl groups is 1. The summed E-state index contributed by atoms with van der Waals surface area (Å²) in [4.78, 5) is 0. The van der Waals surface area contributed by atoms with Gasteiger partial charge in [0.05, 0.1) is 5.60 Å². The minimum absolute atomic E-state index is 0.578. The summed E-state index contributed by atoms with van der Waals surface area (Å²) in [5, 5.41) is 14.3. The van der Waals surface area contributed by atoms with E-state index < -0.39 is 5.60 Å². The van der Waals surface area contributed by atoms with E-state index in [2.05, 4.69) is 36.6 Å². The monoisotopic (exact) mass is 246 g/mol. The Hall–Kier alpha value is -0.860. The Morgan fingerprint density at radius 3 is 3.06 bits per heavy atom. The van der Waals surface area contributed by atoms with Crippen LogP contribution in [-0.2, 0) is 5.60 Å². The molecule has 0 saturated heterocycles. The fraction of sp³-hybridized carbons (Fsp3) is 0.467. The maximum Gasteiger partial charge on any atom is 0.0913 e. The SMILES string of the molecule is CCC1CCC(O)(c2cccc3ccsc23)C1. The van der Waals surface area contributed by atoms with Crippen LogP contribution < -0.4 is 0 Å². The van der Waals surface area contributed by atoms with Crippen LogP contribution in [0.4, 0.5) is 0 Å². The summed E-state index contributed by atoms with van der Waals surface area (Å²) in [6.45, 7) is 2.22. The molecule has 1 aliphatic rings. The van der Waals surface area contributed by atoms with Crippen LogP contribution in [0, 0.1) is 5.92 Å². The van der Waals surface area contributed by atoms with E-state index >= 15 is 0 Å². The molecule has 2 aromatic rings. The van der Waals surface area contributed by atoms with Crippen molar-refractivity contribution in [1.29, 1.82) is 0 Å². The first kappa shape index (κ1) is 11.2. The Balaban J connectivity index is 2.06. The Morgan fingerprint density at radius 2 is 2.29 bits per heavy atom. The van der Waals surface area contributed by atoms with Crippen molar-refractivity contribution >= 4 is 21.4 Å². The smallest absolute Gasteiger partial charge is 0.0913 e. The fourth-order valence-corrected chi connectivity index (χ4v) is 4.09. The lowest BCUT2D eigenvalue weighted by Crippen LogP contribution is -2.21. The number of hydrogen-bond acceptors (Lipinski definition) is 2. The van der Waals surface area contributed by atoms with Crippen molar-refractivity contribution in [2.75, 3.05) is 0 Å². The molecule has 2 heteroatoms. The van der Waals surface area contributed by atoms with Gasteiger partial charge in [0.25, 0.3) is 0 Å². The van der Waals surface area contributed by atoms with Gasteiger partial charge in [-0.05, 0) is 42.0 Å². The summed E-state index contributed by atoms with van der Waals surface area (Å²) < 4.78 is 1.27. The lowest BCUT2D eigenvalue weighted by molar-refractivity contribution is 0.0415. The molecule has 2 unspecified atom stereocenters. The predicted octanol–water partition coefficient (Wildman–Crippen LogP) is 4.30. The van der Waals surface area contributed by atoms with Gasteiger partial charge in [0.15, 0.2) is 0 Å². The Bertz CT molecular complexity index is 530. The number of thiophene rings is 1. The topological polar surface area (TPSA) is 20.2 Å². The molecule has 17 heavy (non-hydrogen) atoms. The zero-order valence-electron chi connectivity index (χ0n) is 10.1. The molecule has 3 rings (SSSR count). The molecule has 1 aromatic heterocycles. The van der Waals surface area contributed by atoms with Crippen molar-refractivity contribution in [3.63, 3.8) is 0 Å². The first-order valence-corrected chi connectivity index (χ1v) is 7.30. The number of benzene rings is 1. The average Bonchev–Trinajstić information content (AvgIpc) is 2.95. The second-order valence-electron chi connectivity index (χ2n) is 5.19. The Kier molecular flexibility index (Phi) is 2.72. The van der Waals surface area contributed by atoms with Gasteiger partial charge >= 0.3 is 0 Å². The average molecular weight is 246 g/mol. The van der Waals surface area contributed by atoms with Gasteiger partial charge in [-0.1, -0.05) is 31.5 Å². The second kappa shape index (κ2) is 4.11. The molecule has 1 aliphatic carbocycles. The molecular formula is C15H18OS. The second-order valence-corrected chi connectivity index (χ2v) is 6.11. The highest BCUT2D eigenvalue weighted by Crippen LogP contribution is 2.46.